The highest BCUT2D eigenvalue weighted by Gasteiger charge is 2.04. The Morgan fingerprint density at radius 3 is 2.60 bits per heavy atom. The van der Waals surface area contributed by atoms with E-state index in [-0.39, 0.29) is 0 Å². The average Bonchev–Trinajstić information content (AvgIpc) is 2.23. The molecule has 90 valence electrons. The van der Waals surface area contributed by atoms with E-state index < -0.39 is 0 Å². The van der Waals surface area contributed by atoms with E-state index in [9.17, 15) is 0 Å². The van der Waals surface area contributed by atoms with Crippen LogP contribution >= 0.6 is 0 Å². The molecule has 0 amide bonds. The SMILES string of the molecule is C/C=C(/CC)CN(C)CCC(C)CNC. The molecule has 1 atom stereocenters. The first-order chi connectivity index (χ1) is 7.13. The molecule has 0 aromatic carbocycles. The molecule has 0 rings (SSSR count). The third kappa shape index (κ3) is 7.57. The van der Waals surface area contributed by atoms with Gasteiger partial charge >= 0.3 is 0 Å². The van der Waals surface area contributed by atoms with Gasteiger partial charge < -0.3 is 10.2 Å². The Labute approximate surface area is 95.7 Å². The summed E-state index contributed by atoms with van der Waals surface area (Å²) in [4.78, 5) is 2.42. The third-order valence-electron chi connectivity index (χ3n) is 2.89. The number of hydrogen-bond acceptors (Lipinski definition) is 2. The smallest absolute Gasteiger partial charge is 0.0189 e. The van der Waals surface area contributed by atoms with E-state index in [1.54, 1.807) is 5.57 Å². The summed E-state index contributed by atoms with van der Waals surface area (Å²) in [6.07, 6.45) is 4.69. The van der Waals surface area contributed by atoms with E-state index in [0.29, 0.717) is 0 Å². The van der Waals surface area contributed by atoms with E-state index in [4.69, 9.17) is 0 Å². The Morgan fingerprint density at radius 1 is 1.47 bits per heavy atom. The second-order valence-electron chi connectivity index (χ2n) is 4.49. The molecule has 0 aliphatic rings. The van der Waals surface area contributed by atoms with Crippen LogP contribution in [0.1, 0.15) is 33.6 Å². The Hall–Kier alpha value is -0.340. The average molecular weight is 212 g/mol. The number of nitrogens with one attached hydrogen (secondary N) is 1. The summed E-state index contributed by atoms with van der Waals surface area (Å²) in [6.45, 7) is 10.1. The molecular weight excluding hydrogens is 184 g/mol. The maximum Gasteiger partial charge on any atom is 0.0189 e. The summed E-state index contributed by atoms with van der Waals surface area (Å²) >= 11 is 0. The third-order valence-corrected chi connectivity index (χ3v) is 2.89. The van der Waals surface area contributed by atoms with Crippen LogP contribution in [0.15, 0.2) is 11.6 Å². The molecule has 0 aromatic heterocycles. The van der Waals surface area contributed by atoms with Gasteiger partial charge in [-0.2, -0.15) is 0 Å². The highest BCUT2D eigenvalue weighted by molar-refractivity contribution is 5.01. The lowest BCUT2D eigenvalue weighted by molar-refractivity contribution is 0.322. The lowest BCUT2D eigenvalue weighted by atomic mass is 10.1. The molecule has 0 saturated heterocycles. The molecular formula is C13H28N2. The monoisotopic (exact) mass is 212 g/mol. The first kappa shape index (κ1) is 14.7. The number of hydrogen-bond donors (Lipinski definition) is 1. The number of likely N-dealkylation sites (N-methyl/N-ethyl adjacent to an activating group) is 1. The van der Waals surface area contributed by atoms with Gasteiger partial charge in [-0.3, -0.25) is 0 Å². The summed E-state index contributed by atoms with van der Waals surface area (Å²) in [7, 11) is 4.24. The molecule has 0 bridgehead atoms. The fraction of sp³-hybridized carbons (Fsp3) is 0.846. The quantitative estimate of drug-likeness (QED) is 0.622. The Bertz CT molecular complexity index is 175. The minimum absolute atomic E-state index is 0.771. The molecule has 0 aromatic rings. The molecule has 0 spiro atoms. The molecule has 0 fully saturated rings. The first-order valence-corrected chi connectivity index (χ1v) is 6.11. The van der Waals surface area contributed by atoms with Crippen LogP contribution in [-0.2, 0) is 0 Å². The van der Waals surface area contributed by atoms with Crippen molar-refractivity contribution in [3.8, 4) is 0 Å². The van der Waals surface area contributed by atoms with Crippen molar-refractivity contribution in [1.29, 1.82) is 0 Å². The van der Waals surface area contributed by atoms with Crippen LogP contribution in [0.2, 0.25) is 0 Å². The van der Waals surface area contributed by atoms with Gasteiger partial charge in [-0.25, -0.2) is 0 Å². The largest absolute Gasteiger partial charge is 0.319 e. The van der Waals surface area contributed by atoms with Gasteiger partial charge in [0.25, 0.3) is 0 Å². The molecule has 0 radical (unpaired) electrons. The van der Waals surface area contributed by atoms with Crippen molar-refractivity contribution in [3.05, 3.63) is 11.6 Å². The van der Waals surface area contributed by atoms with Crippen LogP contribution in [-0.4, -0.2) is 38.6 Å². The van der Waals surface area contributed by atoms with Crippen molar-refractivity contribution in [2.75, 3.05) is 33.7 Å². The van der Waals surface area contributed by atoms with Crippen molar-refractivity contribution < 1.29 is 0 Å². The van der Waals surface area contributed by atoms with Crippen LogP contribution in [0.25, 0.3) is 0 Å². The van der Waals surface area contributed by atoms with Crippen LogP contribution in [0.3, 0.4) is 0 Å². The molecule has 0 aliphatic carbocycles. The standard InChI is InChI=1S/C13H28N2/c1-6-13(7-2)11-15(5)9-8-12(3)10-14-4/h6,12,14H,7-11H2,1-5H3/b13-6-. The van der Waals surface area contributed by atoms with Crippen LogP contribution in [0, 0.1) is 5.92 Å². The normalized spacial score (nSPS) is 14.7. The summed E-state index contributed by atoms with van der Waals surface area (Å²) < 4.78 is 0. The number of nitrogens with zero attached hydrogens (tertiary/aromatic N) is 1. The minimum Gasteiger partial charge on any atom is -0.319 e. The fourth-order valence-electron chi connectivity index (χ4n) is 1.72. The Kier molecular flexibility index (Phi) is 8.73. The summed E-state index contributed by atoms with van der Waals surface area (Å²) in [6, 6.07) is 0. The van der Waals surface area contributed by atoms with Gasteiger partial charge in [-0.15, -0.1) is 0 Å². The van der Waals surface area contributed by atoms with Crippen molar-refractivity contribution in [2.24, 2.45) is 5.92 Å². The molecule has 0 heterocycles. The van der Waals surface area contributed by atoms with Crippen LogP contribution in [0.4, 0.5) is 0 Å². The van der Waals surface area contributed by atoms with Crippen LogP contribution in [0.5, 0.6) is 0 Å². The molecule has 2 nitrogen and oxygen atoms in total. The predicted molar refractivity (Wildman–Crippen MR) is 69.3 cm³/mol. The van der Waals surface area contributed by atoms with Gasteiger partial charge in [-0.05, 0) is 52.9 Å². The zero-order valence-corrected chi connectivity index (χ0v) is 11.1. The van der Waals surface area contributed by atoms with E-state index in [1.165, 1.54) is 19.4 Å². The molecule has 1 N–H and O–H groups in total. The van der Waals surface area contributed by atoms with Gasteiger partial charge in [0.15, 0.2) is 0 Å². The lowest BCUT2D eigenvalue weighted by Crippen LogP contribution is -2.26. The summed E-state index contributed by atoms with van der Waals surface area (Å²) in [5, 5.41) is 3.22. The highest BCUT2D eigenvalue weighted by Crippen LogP contribution is 2.05. The topological polar surface area (TPSA) is 15.3 Å². The summed E-state index contributed by atoms with van der Waals surface area (Å²) in [5.41, 5.74) is 1.54. The van der Waals surface area contributed by atoms with E-state index >= 15 is 0 Å². The van der Waals surface area contributed by atoms with Gasteiger partial charge in [0, 0.05) is 6.54 Å². The number of allylic oxidation sites excluding steroid dienone is 1. The Morgan fingerprint density at radius 2 is 2.13 bits per heavy atom. The van der Waals surface area contributed by atoms with E-state index in [2.05, 4.69) is 44.1 Å². The number of rotatable bonds is 8. The lowest BCUT2D eigenvalue weighted by Gasteiger charge is -2.20. The maximum atomic E-state index is 3.22. The van der Waals surface area contributed by atoms with Gasteiger partial charge in [0.2, 0.25) is 0 Å². The van der Waals surface area contributed by atoms with Crippen molar-refractivity contribution in [3.63, 3.8) is 0 Å². The molecule has 15 heavy (non-hydrogen) atoms. The Balaban J connectivity index is 3.69. The van der Waals surface area contributed by atoms with Crippen molar-refractivity contribution in [1.82, 2.24) is 10.2 Å². The second-order valence-corrected chi connectivity index (χ2v) is 4.49. The fourth-order valence-corrected chi connectivity index (χ4v) is 1.72. The first-order valence-electron chi connectivity index (χ1n) is 6.11. The van der Waals surface area contributed by atoms with E-state index in [0.717, 1.165) is 19.0 Å². The molecule has 2 heteroatoms. The zero-order chi connectivity index (χ0) is 11.7. The van der Waals surface area contributed by atoms with Gasteiger partial charge in [0.1, 0.15) is 0 Å². The molecule has 1 unspecified atom stereocenters. The molecule has 0 aliphatic heterocycles. The zero-order valence-electron chi connectivity index (χ0n) is 11.1. The van der Waals surface area contributed by atoms with Gasteiger partial charge in [0.05, 0.1) is 0 Å². The minimum atomic E-state index is 0.771. The van der Waals surface area contributed by atoms with Crippen molar-refractivity contribution in [2.45, 2.75) is 33.6 Å². The van der Waals surface area contributed by atoms with Gasteiger partial charge in [-0.1, -0.05) is 25.5 Å². The summed E-state index contributed by atoms with van der Waals surface area (Å²) in [5.74, 6) is 0.771. The maximum absolute atomic E-state index is 3.22. The highest BCUT2D eigenvalue weighted by atomic mass is 15.1. The van der Waals surface area contributed by atoms with Crippen molar-refractivity contribution >= 4 is 0 Å². The second kappa shape index (κ2) is 8.93. The predicted octanol–water partition coefficient (Wildman–Crippen LogP) is 2.52. The molecule has 0 saturated carbocycles. The van der Waals surface area contributed by atoms with Crippen LogP contribution < -0.4 is 5.32 Å². The van der Waals surface area contributed by atoms with E-state index in [1.807, 2.05) is 7.05 Å².